The maximum atomic E-state index is 12.8. The lowest BCUT2D eigenvalue weighted by Gasteiger charge is -2.22. The molecule has 2 rings (SSSR count). The second-order valence-electron chi connectivity index (χ2n) is 7.93. The first kappa shape index (κ1) is 20.2. The molecule has 1 heterocycles. The van der Waals surface area contributed by atoms with E-state index in [1.165, 1.54) is 11.3 Å². The van der Waals surface area contributed by atoms with Crippen LogP contribution in [-0.4, -0.2) is 11.8 Å². The van der Waals surface area contributed by atoms with Crippen molar-refractivity contribution in [3.05, 3.63) is 52.4 Å². The lowest BCUT2D eigenvalue weighted by molar-refractivity contribution is -0.123. The first-order chi connectivity index (χ1) is 12.1. The van der Waals surface area contributed by atoms with Crippen molar-refractivity contribution >= 4 is 28.2 Å². The van der Waals surface area contributed by atoms with Crippen molar-refractivity contribution in [1.82, 2.24) is 5.32 Å². The molecular weight excluding hydrogens is 344 g/mol. The molecule has 1 atom stereocenters. The van der Waals surface area contributed by atoms with E-state index >= 15 is 0 Å². The highest BCUT2D eigenvalue weighted by atomic mass is 32.1. The van der Waals surface area contributed by atoms with Gasteiger partial charge in [-0.1, -0.05) is 65.0 Å². The molecule has 0 saturated heterocycles. The molecule has 0 aliphatic rings. The molecule has 2 N–H and O–H groups in total. The summed E-state index contributed by atoms with van der Waals surface area (Å²) in [5.41, 5.74) is 1.48. The third-order valence-corrected chi connectivity index (χ3v) is 5.31. The van der Waals surface area contributed by atoms with Crippen molar-refractivity contribution in [3.63, 3.8) is 0 Å². The van der Waals surface area contributed by atoms with Crippen LogP contribution in [0.4, 0.5) is 5.00 Å². The Morgan fingerprint density at radius 3 is 2.23 bits per heavy atom. The minimum Gasteiger partial charge on any atom is -0.344 e. The molecule has 2 aromatic rings. The van der Waals surface area contributed by atoms with E-state index in [2.05, 4.69) is 24.5 Å². The molecule has 0 fully saturated rings. The summed E-state index contributed by atoms with van der Waals surface area (Å²) in [6.07, 6.45) is 0. The summed E-state index contributed by atoms with van der Waals surface area (Å²) in [4.78, 5) is 25.6. The predicted octanol–water partition coefficient (Wildman–Crippen LogP) is 5.17. The van der Waals surface area contributed by atoms with Crippen LogP contribution in [0.3, 0.4) is 0 Å². The third kappa shape index (κ3) is 4.94. The van der Waals surface area contributed by atoms with E-state index in [-0.39, 0.29) is 23.8 Å². The fourth-order valence-electron chi connectivity index (χ4n) is 2.57. The fraction of sp³-hybridized carbons (Fsp3) is 0.429. The quantitative estimate of drug-likeness (QED) is 0.761. The van der Waals surface area contributed by atoms with Gasteiger partial charge in [-0.2, -0.15) is 0 Å². The smallest absolute Gasteiger partial charge is 0.262 e. The van der Waals surface area contributed by atoms with E-state index in [0.717, 1.165) is 11.1 Å². The highest BCUT2D eigenvalue weighted by Crippen LogP contribution is 2.30. The molecule has 140 valence electrons. The van der Waals surface area contributed by atoms with Crippen LogP contribution >= 0.6 is 11.3 Å². The molecule has 0 saturated carbocycles. The van der Waals surface area contributed by atoms with Crippen molar-refractivity contribution in [3.8, 4) is 0 Å². The van der Waals surface area contributed by atoms with Gasteiger partial charge in [0, 0.05) is 5.41 Å². The largest absolute Gasteiger partial charge is 0.344 e. The molecule has 26 heavy (non-hydrogen) atoms. The number of benzene rings is 1. The second-order valence-corrected chi connectivity index (χ2v) is 8.98. The van der Waals surface area contributed by atoms with E-state index in [9.17, 15) is 9.59 Å². The van der Waals surface area contributed by atoms with E-state index in [0.29, 0.717) is 9.88 Å². The molecule has 0 spiro atoms. The van der Waals surface area contributed by atoms with Crippen molar-refractivity contribution in [2.75, 3.05) is 5.32 Å². The second kappa shape index (κ2) is 8.04. The van der Waals surface area contributed by atoms with Crippen molar-refractivity contribution in [2.45, 2.75) is 47.6 Å². The SMILES string of the molecule is Cc1cc(NC(=O)C(C)(C)C)sc1C(=O)NC(c1ccccc1)C(C)C. The zero-order chi connectivity index (χ0) is 19.5. The minimum atomic E-state index is -0.476. The van der Waals surface area contributed by atoms with Gasteiger partial charge >= 0.3 is 0 Å². The van der Waals surface area contributed by atoms with Crippen LogP contribution in [0.15, 0.2) is 36.4 Å². The van der Waals surface area contributed by atoms with Crippen LogP contribution in [0.25, 0.3) is 0 Å². The summed E-state index contributed by atoms with van der Waals surface area (Å²) in [6.45, 7) is 11.7. The van der Waals surface area contributed by atoms with Gasteiger partial charge in [0.1, 0.15) is 0 Å². The Balaban J connectivity index is 2.18. The zero-order valence-corrected chi connectivity index (χ0v) is 17.2. The van der Waals surface area contributed by atoms with Crippen LogP contribution in [0.5, 0.6) is 0 Å². The Morgan fingerprint density at radius 1 is 1.08 bits per heavy atom. The highest BCUT2D eigenvalue weighted by Gasteiger charge is 2.24. The summed E-state index contributed by atoms with van der Waals surface area (Å²) in [5, 5.41) is 6.75. The fourth-order valence-corrected chi connectivity index (χ4v) is 3.54. The van der Waals surface area contributed by atoms with Gasteiger partial charge in [-0.05, 0) is 30.0 Å². The summed E-state index contributed by atoms with van der Waals surface area (Å²) in [7, 11) is 0. The molecule has 0 radical (unpaired) electrons. The van der Waals surface area contributed by atoms with Crippen LogP contribution in [0, 0.1) is 18.3 Å². The lowest BCUT2D eigenvalue weighted by Crippen LogP contribution is -2.31. The highest BCUT2D eigenvalue weighted by molar-refractivity contribution is 7.18. The molecule has 1 unspecified atom stereocenters. The average Bonchev–Trinajstić information content (AvgIpc) is 2.92. The Hall–Kier alpha value is -2.14. The molecule has 4 nitrogen and oxygen atoms in total. The van der Waals surface area contributed by atoms with Crippen molar-refractivity contribution in [2.24, 2.45) is 11.3 Å². The van der Waals surface area contributed by atoms with E-state index in [1.807, 2.05) is 64.1 Å². The van der Waals surface area contributed by atoms with Crippen LogP contribution in [-0.2, 0) is 4.79 Å². The Kier molecular flexibility index (Phi) is 6.24. The molecule has 0 bridgehead atoms. The third-order valence-electron chi connectivity index (χ3n) is 4.15. The number of carbonyl (C=O) groups is 2. The monoisotopic (exact) mass is 372 g/mol. The number of nitrogens with one attached hydrogen (secondary N) is 2. The number of hydrogen-bond acceptors (Lipinski definition) is 3. The lowest BCUT2D eigenvalue weighted by atomic mass is 9.96. The van der Waals surface area contributed by atoms with Gasteiger partial charge in [-0.3, -0.25) is 9.59 Å². The summed E-state index contributed by atoms with van der Waals surface area (Å²) in [5.74, 6) is 0.100. The normalized spacial score (nSPS) is 12.7. The molecule has 0 aliphatic heterocycles. The molecule has 0 aliphatic carbocycles. The van der Waals surface area contributed by atoms with Gasteiger partial charge in [0.05, 0.1) is 15.9 Å². The van der Waals surface area contributed by atoms with Crippen LogP contribution in [0.2, 0.25) is 0 Å². The Morgan fingerprint density at radius 2 is 1.69 bits per heavy atom. The minimum absolute atomic E-state index is 0.0576. The number of thiophene rings is 1. The van der Waals surface area contributed by atoms with Gasteiger partial charge in [0.25, 0.3) is 5.91 Å². The van der Waals surface area contributed by atoms with E-state index in [1.54, 1.807) is 0 Å². The van der Waals surface area contributed by atoms with Crippen LogP contribution < -0.4 is 10.6 Å². The standard InChI is InChI=1S/C21H28N2O2S/c1-13(2)17(15-10-8-7-9-11-15)23-19(24)18-14(3)12-16(26-18)22-20(25)21(4,5)6/h7-13,17H,1-6H3,(H,22,25)(H,23,24). The van der Waals surface area contributed by atoms with Crippen LogP contribution in [0.1, 0.15) is 61.5 Å². The topological polar surface area (TPSA) is 58.2 Å². The molecule has 2 amide bonds. The van der Waals surface area contributed by atoms with Gasteiger partial charge in [-0.25, -0.2) is 0 Å². The number of rotatable bonds is 5. The van der Waals surface area contributed by atoms with Gasteiger partial charge in [0.15, 0.2) is 0 Å². The maximum absolute atomic E-state index is 12.8. The Labute approximate surface area is 160 Å². The predicted molar refractivity (Wildman–Crippen MR) is 109 cm³/mol. The molecular formula is C21H28N2O2S. The number of amides is 2. The summed E-state index contributed by atoms with van der Waals surface area (Å²) >= 11 is 1.32. The van der Waals surface area contributed by atoms with E-state index in [4.69, 9.17) is 0 Å². The number of carbonyl (C=O) groups excluding carboxylic acids is 2. The Bertz CT molecular complexity index is 773. The van der Waals surface area contributed by atoms with Gasteiger partial charge < -0.3 is 10.6 Å². The molecule has 5 heteroatoms. The summed E-state index contributed by atoms with van der Waals surface area (Å²) < 4.78 is 0. The zero-order valence-electron chi connectivity index (χ0n) is 16.3. The first-order valence-corrected chi connectivity index (χ1v) is 9.69. The summed E-state index contributed by atoms with van der Waals surface area (Å²) in [6, 6.07) is 11.8. The van der Waals surface area contributed by atoms with Crippen molar-refractivity contribution < 1.29 is 9.59 Å². The average molecular weight is 373 g/mol. The number of aryl methyl sites for hydroxylation is 1. The first-order valence-electron chi connectivity index (χ1n) is 8.87. The van der Waals surface area contributed by atoms with Gasteiger partial charge in [-0.15, -0.1) is 11.3 Å². The van der Waals surface area contributed by atoms with Crippen molar-refractivity contribution in [1.29, 1.82) is 0 Å². The maximum Gasteiger partial charge on any atom is 0.262 e. The number of anilines is 1. The van der Waals surface area contributed by atoms with Gasteiger partial charge in [0.2, 0.25) is 5.91 Å². The molecule has 1 aromatic heterocycles. The number of hydrogen-bond donors (Lipinski definition) is 2. The van der Waals surface area contributed by atoms with E-state index < -0.39 is 5.41 Å². The molecule has 1 aromatic carbocycles.